The molecule has 1 aromatic carbocycles. The van der Waals surface area contributed by atoms with Gasteiger partial charge in [-0.2, -0.15) is 5.10 Å². The van der Waals surface area contributed by atoms with Crippen LogP contribution in [0.5, 0.6) is 5.75 Å². The Morgan fingerprint density at radius 2 is 1.75 bits per heavy atom. The SMILES string of the molecule is CC1(C)[C@H]2CC[C@]1(c1ncc(O)cn1)c1nnc(-c3c(F)cccc3F)cc12. The molecule has 2 aromatic heterocycles. The third-order valence-electron chi connectivity index (χ3n) is 6.62. The maximum absolute atomic E-state index is 14.3. The van der Waals surface area contributed by atoms with Gasteiger partial charge in [0.05, 0.1) is 34.8 Å². The van der Waals surface area contributed by atoms with E-state index < -0.39 is 17.0 Å². The average Bonchev–Trinajstić information content (AvgIpc) is 3.04. The van der Waals surface area contributed by atoms with Gasteiger partial charge in [0, 0.05) is 0 Å². The number of fused-ring (bicyclic) bond motifs is 5. The topological polar surface area (TPSA) is 71.8 Å². The van der Waals surface area contributed by atoms with Crippen molar-refractivity contribution in [2.24, 2.45) is 5.41 Å². The monoisotopic (exact) mass is 380 g/mol. The Morgan fingerprint density at radius 1 is 1.07 bits per heavy atom. The number of halogens is 2. The molecule has 0 saturated heterocycles. The summed E-state index contributed by atoms with van der Waals surface area (Å²) >= 11 is 0. The molecule has 28 heavy (non-hydrogen) atoms. The molecular formula is C21H18F2N4O. The minimum Gasteiger partial charge on any atom is -0.505 e. The summed E-state index contributed by atoms with van der Waals surface area (Å²) in [6.07, 6.45) is 4.48. The Hall–Kier alpha value is -2.96. The second-order valence-corrected chi connectivity index (χ2v) is 8.11. The first-order valence-corrected chi connectivity index (χ1v) is 9.20. The van der Waals surface area contributed by atoms with Crippen molar-refractivity contribution in [2.75, 3.05) is 0 Å². The van der Waals surface area contributed by atoms with Crippen LogP contribution < -0.4 is 0 Å². The summed E-state index contributed by atoms with van der Waals surface area (Å²) < 4.78 is 28.5. The molecule has 2 atom stereocenters. The fourth-order valence-corrected chi connectivity index (χ4v) is 5.22. The normalized spacial score (nSPS) is 24.4. The zero-order valence-electron chi connectivity index (χ0n) is 15.4. The molecule has 0 aliphatic heterocycles. The molecule has 2 bridgehead atoms. The number of aromatic nitrogens is 4. The van der Waals surface area contributed by atoms with Gasteiger partial charge in [0.2, 0.25) is 0 Å². The number of nitrogens with zero attached hydrogens (tertiary/aromatic N) is 4. The van der Waals surface area contributed by atoms with Gasteiger partial charge in [-0.25, -0.2) is 18.7 Å². The molecule has 142 valence electrons. The first-order chi connectivity index (χ1) is 13.4. The van der Waals surface area contributed by atoms with E-state index in [-0.39, 0.29) is 28.3 Å². The Bertz CT molecular complexity index is 1080. The number of benzene rings is 1. The zero-order chi connectivity index (χ0) is 19.7. The molecular weight excluding hydrogens is 362 g/mol. The maximum Gasteiger partial charge on any atom is 0.152 e. The average molecular weight is 380 g/mol. The highest BCUT2D eigenvalue weighted by Gasteiger charge is 2.65. The van der Waals surface area contributed by atoms with Crippen molar-refractivity contribution in [1.29, 1.82) is 0 Å². The van der Waals surface area contributed by atoms with Crippen LogP contribution in [0.15, 0.2) is 36.7 Å². The molecule has 1 N–H and O–H groups in total. The van der Waals surface area contributed by atoms with Gasteiger partial charge in [0.25, 0.3) is 0 Å². The Kier molecular flexibility index (Phi) is 3.39. The molecule has 1 fully saturated rings. The fraction of sp³-hybridized carbons (Fsp3) is 0.333. The van der Waals surface area contributed by atoms with Gasteiger partial charge in [-0.15, -0.1) is 5.10 Å². The lowest BCUT2D eigenvalue weighted by Gasteiger charge is -2.36. The first-order valence-electron chi connectivity index (χ1n) is 9.20. The summed E-state index contributed by atoms with van der Waals surface area (Å²) in [6, 6.07) is 5.53. The van der Waals surface area contributed by atoms with Crippen molar-refractivity contribution in [3.8, 4) is 17.0 Å². The summed E-state index contributed by atoms with van der Waals surface area (Å²) in [5, 5.41) is 18.2. The van der Waals surface area contributed by atoms with Crippen molar-refractivity contribution in [3.63, 3.8) is 0 Å². The van der Waals surface area contributed by atoms with E-state index in [0.29, 0.717) is 5.82 Å². The molecule has 0 radical (unpaired) electrons. The molecule has 0 unspecified atom stereocenters. The Morgan fingerprint density at radius 3 is 2.43 bits per heavy atom. The minimum atomic E-state index is -0.659. The van der Waals surface area contributed by atoms with Gasteiger partial charge in [-0.05, 0) is 47.9 Å². The summed E-state index contributed by atoms with van der Waals surface area (Å²) in [6.45, 7) is 4.29. The van der Waals surface area contributed by atoms with Crippen LogP contribution in [0, 0.1) is 17.0 Å². The highest BCUT2D eigenvalue weighted by molar-refractivity contribution is 5.63. The van der Waals surface area contributed by atoms with Crippen molar-refractivity contribution in [1.82, 2.24) is 20.2 Å². The lowest BCUT2D eigenvalue weighted by Crippen LogP contribution is -2.38. The Labute approximate surface area is 160 Å². The second-order valence-electron chi connectivity index (χ2n) is 8.11. The van der Waals surface area contributed by atoms with Gasteiger partial charge in [-0.3, -0.25) is 0 Å². The van der Waals surface area contributed by atoms with Crippen LogP contribution in [-0.2, 0) is 5.41 Å². The lowest BCUT2D eigenvalue weighted by molar-refractivity contribution is 0.236. The van der Waals surface area contributed by atoms with Crippen LogP contribution in [0.2, 0.25) is 0 Å². The highest BCUT2D eigenvalue weighted by atomic mass is 19.1. The Balaban J connectivity index is 1.72. The molecule has 1 saturated carbocycles. The molecule has 2 heterocycles. The summed E-state index contributed by atoms with van der Waals surface area (Å²) in [5.74, 6) is -0.566. The van der Waals surface area contributed by atoms with E-state index in [1.807, 2.05) is 0 Å². The van der Waals surface area contributed by atoms with Crippen LogP contribution in [0.25, 0.3) is 11.3 Å². The molecule has 0 spiro atoms. The molecule has 2 aliphatic rings. The smallest absolute Gasteiger partial charge is 0.152 e. The molecule has 7 heteroatoms. The quantitative estimate of drug-likeness (QED) is 0.724. The van der Waals surface area contributed by atoms with E-state index in [0.717, 1.165) is 24.1 Å². The zero-order valence-corrected chi connectivity index (χ0v) is 15.4. The summed E-state index contributed by atoms with van der Waals surface area (Å²) in [5.41, 5.74) is 0.959. The van der Waals surface area contributed by atoms with E-state index in [2.05, 4.69) is 34.0 Å². The van der Waals surface area contributed by atoms with Crippen molar-refractivity contribution >= 4 is 0 Å². The first kappa shape index (κ1) is 17.2. The van der Waals surface area contributed by atoms with E-state index in [4.69, 9.17) is 0 Å². The van der Waals surface area contributed by atoms with Crippen molar-refractivity contribution in [3.05, 3.63) is 65.4 Å². The number of hydrogen-bond acceptors (Lipinski definition) is 5. The second kappa shape index (κ2) is 5.53. The standard InChI is InChI=1S/C21H18F2N4O/c1-20(2)13-6-7-21(20,19-24-9-11(28)10-25-19)18-12(13)8-16(26-27-18)17-14(22)4-3-5-15(17)23/h3-5,8-10,13,28H,6-7H2,1-2H3/t13-,21+/m0/s1. The van der Waals surface area contributed by atoms with E-state index >= 15 is 0 Å². The van der Waals surface area contributed by atoms with E-state index in [1.165, 1.54) is 30.6 Å². The molecule has 2 aliphatic carbocycles. The lowest BCUT2D eigenvalue weighted by atomic mass is 9.68. The van der Waals surface area contributed by atoms with E-state index in [9.17, 15) is 13.9 Å². The number of rotatable bonds is 2. The highest BCUT2D eigenvalue weighted by Crippen LogP contribution is 2.69. The summed E-state index contributed by atoms with van der Waals surface area (Å²) in [4.78, 5) is 8.77. The van der Waals surface area contributed by atoms with Crippen LogP contribution in [-0.4, -0.2) is 25.3 Å². The van der Waals surface area contributed by atoms with Gasteiger partial charge < -0.3 is 5.11 Å². The van der Waals surface area contributed by atoms with E-state index in [1.54, 1.807) is 6.07 Å². The number of hydrogen-bond donors (Lipinski definition) is 1. The summed E-state index contributed by atoms with van der Waals surface area (Å²) in [7, 11) is 0. The van der Waals surface area contributed by atoms with Gasteiger partial charge in [0.15, 0.2) is 5.75 Å². The predicted octanol–water partition coefficient (Wildman–Crippen LogP) is 4.12. The fourth-order valence-electron chi connectivity index (χ4n) is 5.22. The van der Waals surface area contributed by atoms with Crippen LogP contribution in [0.1, 0.15) is 49.7 Å². The van der Waals surface area contributed by atoms with Crippen LogP contribution in [0.4, 0.5) is 8.78 Å². The van der Waals surface area contributed by atoms with Gasteiger partial charge in [-0.1, -0.05) is 19.9 Å². The third-order valence-corrected chi connectivity index (χ3v) is 6.62. The maximum atomic E-state index is 14.3. The van der Waals surface area contributed by atoms with Crippen molar-refractivity contribution in [2.45, 2.75) is 38.0 Å². The molecule has 3 aromatic rings. The third kappa shape index (κ3) is 1.99. The van der Waals surface area contributed by atoms with Crippen molar-refractivity contribution < 1.29 is 13.9 Å². The predicted molar refractivity (Wildman–Crippen MR) is 97.6 cm³/mol. The van der Waals surface area contributed by atoms with Gasteiger partial charge >= 0.3 is 0 Å². The molecule has 5 rings (SSSR count). The number of aromatic hydroxyl groups is 1. The van der Waals surface area contributed by atoms with Crippen LogP contribution >= 0.6 is 0 Å². The molecule has 0 amide bonds. The molecule has 5 nitrogen and oxygen atoms in total. The largest absolute Gasteiger partial charge is 0.505 e. The minimum absolute atomic E-state index is 0.00202. The van der Waals surface area contributed by atoms with Gasteiger partial charge in [0.1, 0.15) is 17.5 Å². The van der Waals surface area contributed by atoms with Crippen LogP contribution in [0.3, 0.4) is 0 Å².